The van der Waals surface area contributed by atoms with E-state index in [0.29, 0.717) is 17.1 Å². The van der Waals surface area contributed by atoms with E-state index in [1.165, 1.54) is 0 Å². The molecule has 0 bridgehead atoms. The predicted octanol–water partition coefficient (Wildman–Crippen LogP) is -0.220. The van der Waals surface area contributed by atoms with Crippen LogP contribution in [0.15, 0.2) is 18.2 Å². The lowest BCUT2D eigenvalue weighted by Crippen LogP contribution is -1.95. The maximum atomic E-state index is 8.74. The molecule has 0 aromatic heterocycles. The molecule has 0 saturated heterocycles. The number of benzene rings is 1. The number of nitrogens with two attached hydrogens (primary N) is 3. The molecular weight excluding hydrogens is 210 g/mol. The fourth-order valence-corrected chi connectivity index (χ4v) is 0.593. The molecule has 0 radical (unpaired) electrons. The Labute approximate surface area is 81.1 Å². The molecular formula is C6H11N3O4S. The molecule has 8 heteroatoms. The summed E-state index contributed by atoms with van der Waals surface area (Å²) in [5.74, 6) is 0. The van der Waals surface area contributed by atoms with Crippen molar-refractivity contribution in [2.75, 3.05) is 17.2 Å². The topological polar surface area (TPSA) is 153 Å². The lowest BCUT2D eigenvalue weighted by Gasteiger charge is -1.98. The molecule has 0 fully saturated rings. The van der Waals surface area contributed by atoms with Gasteiger partial charge in [-0.2, -0.15) is 8.42 Å². The standard InChI is InChI=1S/C6H9N3.H2O4S/c7-4-1-2-5(8)6(9)3-4;1-5(2,3)4/h1-3H,7-9H2;(H2,1,2,3,4). The minimum Gasteiger partial charge on any atom is -0.399 e. The molecule has 1 aromatic carbocycles. The zero-order chi connectivity index (χ0) is 11.4. The number of hydrogen-bond donors (Lipinski definition) is 5. The largest absolute Gasteiger partial charge is 0.399 e. The van der Waals surface area contributed by atoms with Crippen molar-refractivity contribution < 1.29 is 17.5 Å². The van der Waals surface area contributed by atoms with Crippen LogP contribution in [0.4, 0.5) is 17.1 Å². The summed E-state index contributed by atoms with van der Waals surface area (Å²) >= 11 is 0. The van der Waals surface area contributed by atoms with Crippen LogP contribution >= 0.6 is 0 Å². The maximum Gasteiger partial charge on any atom is 0.394 e. The molecule has 0 atom stereocenters. The van der Waals surface area contributed by atoms with Crippen molar-refractivity contribution in [3.05, 3.63) is 18.2 Å². The Kier molecular flexibility index (Phi) is 4.15. The van der Waals surface area contributed by atoms with Crippen molar-refractivity contribution in [2.24, 2.45) is 0 Å². The van der Waals surface area contributed by atoms with E-state index in [-0.39, 0.29) is 0 Å². The molecule has 0 saturated carbocycles. The van der Waals surface area contributed by atoms with Gasteiger partial charge in [-0.15, -0.1) is 0 Å². The predicted molar refractivity (Wildman–Crippen MR) is 53.9 cm³/mol. The van der Waals surface area contributed by atoms with Crippen LogP contribution in [-0.2, 0) is 10.4 Å². The van der Waals surface area contributed by atoms with E-state index in [1.54, 1.807) is 18.2 Å². The Bertz CT molecular complexity index is 396. The van der Waals surface area contributed by atoms with Crippen LogP contribution in [0.2, 0.25) is 0 Å². The molecule has 0 spiro atoms. The zero-order valence-electron chi connectivity index (χ0n) is 7.08. The molecule has 80 valence electrons. The van der Waals surface area contributed by atoms with Gasteiger partial charge in [0.1, 0.15) is 0 Å². The molecule has 0 unspecified atom stereocenters. The van der Waals surface area contributed by atoms with Crippen LogP contribution in [0.25, 0.3) is 0 Å². The quantitative estimate of drug-likeness (QED) is 0.300. The molecule has 0 aliphatic heterocycles. The second-order valence-corrected chi connectivity index (χ2v) is 3.23. The molecule has 0 heterocycles. The molecule has 1 aromatic rings. The van der Waals surface area contributed by atoms with Gasteiger partial charge in [0.25, 0.3) is 0 Å². The van der Waals surface area contributed by atoms with Gasteiger partial charge in [0.15, 0.2) is 0 Å². The number of rotatable bonds is 0. The van der Waals surface area contributed by atoms with Gasteiger partial charge in [0.2, 0.25) is 0 Å². The van der Waals surface area contributed by atoms with Crippen molar-refractivity contribution in [3.63, 3.8) is 0 Å². The first-order chi connectivity index (χ1) is 6.20. The third-order valence-electron chi connectivity index (χ3n) is 1.11. The lowest BCUT2D eigenvalue weighted by molar-refractivity contribution is 0.381. The van der Waals surface area contributed by atoms with Crippen molar-refractivity contribution in [1.29, 1.82) is 0 Å². The van der Waals surface area contributed by atoms with Gasteiger partial charge in [0, 0.05) is 5.69 Å². The van der Waals surface area contributed by atoms with Crippen molar-refractivity contribution in [3.8, 4) is 0 Å². The highest BCUT2D eigenvalue weighted by Gasteiger charge is 1.91. The van der Waals surface area contributed by atoms with Gasteiger partial charge in [-0.25, -0.2) is 0 Å². The average Bonchev–Trinajstić information content (AvgIpc) is 1.94. The normalized spacial score (nSPS) is 10.1. The third-order valence-corrected chi connectivity index (χ3v) is 1.11. The summed E-state index contributed by atoms with van der Waals surface area (Å²) in [5.41, 5.74) is 18.0. The van der Waals surface area contributed by atoms with E-state index in [0.717, 1.165) is 0 Å². The van der Waals surface area contributed by atoms with E-state index in [1.807, 2.05) is 0 Å². The van der Waals surface area contributed by atoms with E-state index in [9.17, 15) is 0 Å². The second kappa shape index (κ2) is 4.65. The van der Waals surface area contributed by atoms with Crippen LogP contribution in [0, 0.1) is 0 Å². The molecule has 1 rings (SSSR count). The number of anilines is 3. The van der Waals surface area contributed by atoms with E-state index >= 15 is 0 Å². The first-order valence-electron chi connectivity index (χ1n) is 3.30. The summed E-state index contributed by atoms with van der Waals surface area (Å²) in [6.07, 6.45) is 0. The third kappa shape index (κ3) is 7.16. The average molecular weight is 221 g/mol. The summed E-state index contributed by atoms with van der Waals surface area (Å²) in [6, 6.07) is 5.03. The summed E-state index contributed by atoms with van der Waals surface area (Å²) in [4.78, 5) is 0. The van der Waals surface area contributed by atoms with Gasteiger partial charge in [-0.05, 0) is 18.2 Å². The van der Waals surface area contributed by atoms with E-state index in [4.69, 9.17) is 34.7 Å². The van der Waals surface area contributed by atoms with Crippen LogP contribution in [0.5, 0.6) is 0 Å². The van der Waals surface area contributed by atoms with E-state index < -0.39 is 10.4 Å². The van der Waals surface area contributed by atoms with Crippen molar-refractivity contribution >= 4 is 27.5 Å². The molecule has 8 N–H and O–H groups in total. The van der Waals surface area contributed by atoms with Crippen molar-refractivity contribution in [2.45, 2.75) is 0 Å². The smallest absolute Gasteiger partial charge is 0.394 e. The van der Waals surface area contributed by atoms with Crippen LogP contribution in [-0.4, -0.2) is 17.5 Å². The maximum absolute atomic E-state index is 8.74. The Morgan fingerprint density at radius 1 is 1.00 bits per heavy atom. The summed E-state index contributed by atoms with van der Waals surface area (Å²) in [7, 11) is -4.67. The van der Waals surface area contributed by atoms with Gasteiger partial charge in [-0.1, -0.05) is 0 Å². The second-order valence-electron chi connectivity index (χ2n) is 2.34. The first kappa shape index (κ1) is 12.5. The van der Waals surface area contributed by atoms with Gasteiger partial charge in [0.05, 0.1) is 11.4 Å². The first-order valence-corrected chi connectivity index (χ1v) is 4.70. The Hall–Kier alpha value is -1.51. The van der Waals surface area contributed by atoms with Crippen LogP contribution in [0.1, 0.15) is 0 Å². The fourth-order valence-electron chi connectivity index (χ4n) is 0.593. The Morgan fingerprint density at radius 3 is 1.71 bits per heavy atom. The van der Waals surface area contributed by atoms with Gasteiger partial charge >= 0.3 is 10.4 Å². The lowest BCUT2D eigenvalue weighted by atomic mass is 10.2. The van der Waals surface area contributed by atoms with Crippen molar-refractivity contribution in [1.82, 2.24) is 0 Å². The molecule has 0 aliphatic carbocycles. The summed E-state index contributed by atoms with van der Waals surface area (Å²) in [6.45, 7) is 0. The summed E-state index contributed by atoms with van der Waals surface area (Å²) in [5, 5.41) is 0. The minimum absolute atomic E-state index is 0.537. The highest BCUT2D eigenvalue weighted by atomic mass is 32.3. The SMILES string of the molecule is Nc1ccc(N)c(N)c1.O=S(=O)(O)O. The monoisotopic (exact) mass is 221 g/mol. The minimum atomic E-state index is -4.67. The number of hydrogen-bond acceptors (Lipinski definition) is 5. The van der Waals surface area contributed by atoms with Crippen LogP contribution in [0.3, 0.4) is 0 Å². The van der Waals surface area contributed by atoms with Gasteiger partial charge in [-0.3, -0.25) is 9.11 Å². The fraction of sp³-hybridized carbons (Fsp3) is 0. The highest BCUT2D eigenvalue weighted by molar-refractivity contribution is 7.79. The van der Waals surface area contributed by atoms with Crippen LogP contribution < -0.4 is 17.2 Å². The van der Waals surface area contributed by atoms with E-state index in [2.05, 4.69) is 0 Å². The molecule has 0 amide bonds. The molecule has 0 aliphatic rings. The Balaban J connectivity index is 0.000000292. The molecule has 14 heavy (non-hydrogen) atoms. The Morgan fingerprint density at radius 2 is 1.43 bits per heavy atom. The highest BCUT2D eigenvalue weighted by Crippen LogP contribution is 2.16. The number of nitrogen functional groups attached to an aromatic ring is 3. The molecule has 7 nitrogen and oxygen atoms in total. The zero-order valence-corrected chi connectivity index (χ0v) is 7.90. The van der Waals surface area contributed by atoms with Gasteiger partial charge < -0.3 is 17.2 Å². The summed E-state index contributed by atoms with van der Waals surface area (Å²) < 4.78 is 31.6.